The summed E-state index contributed by atoms with van der Waals surface area (Å²) in [7, 11) is 0. The molecule has 2 heterocycles. The van der Waals surface area contributed by atoms with Gasteiger partial charge in [-0.25, -0.2) is 0 Å². The van der Waals surface area contributed by atoms with Gasteiger partial charge in [-0.3, -0.25) is 19.4 Å². The molecular formula is C20H28N2O4. The summed E-state index contributed by atoms with van der Waals surface area (Å²) in [5, 5.41) is 9.44. The molecule has 6 heteroatoms. The molecule has 0 amide bonds. The molecule has 0 aromatic heterocycles. The number of carboxylic acid groups (broad SMARTS) is 1. The Labute approximate surface area is 154 Å². The predicted octanol–water partition coefficient (Wildman–Crippen LogP) is 2.09. The van der Waals surface area contributed by atoms with Gasteiger partial charge < -0.3 is 9.84 Å². The molecule has 0 saturated carbocycles. The average Bonchev–Trinajstić information content (AvgIpc) is 3.16. The summed E-state index contributed by atoms with van der Waals surface area (Å²) in [6.45, 7) is 6.25. The van der Waals surface area contributed by atoms with Crippen LogP contribution in [0.25, 0.3) is 0 Å². The maximum atomic E-state index is 12.0. The number of carbonyl (C=O) groups is 2. The number of hydrogen-bond acceptors (Lipinski definition) is 5. The molecule has 2 fully saturated rings. The second kappa shape index (κ2) is 7.76. The SMILES string of the molecule is CC(=O)OC1(c2ccccc2)CCN(C(C)C(=O)O)CC1N1CCCC1. The highest BCUT2D eigenvalue weighted by Crippen LogP contribution is 2.41. The first kappa shape index (κ1) is 18.9. The van der Waals surface area contributed by atoms with Crippen molar-refractivity contribution in [2.45, 2.75) is 50.8 Å². The van der Waals surface area contributed by atoms with Crippen LogP contribution in [0.1, 0.15) is 38.7 Å². The van der Waals surface area contributed by atoms with Gasteiger partial charge in [0, 0.05) is 26.4 Å². The zero-order valence-electron chi connectivity index (χ0n) is 15.6. The van der Waals surface area contributed by atoms with E-state index in [2.05, 4.69) is 4.90 Å². The topological polar surface area (TPSA) is 70.1 Å². The number of esters is 1. The Morgan fingerprint density at radius 1 is 1.19 bits per heavy atom. The van der Waals surface area contributed by atoms with Crippen molar-refractivity contribution < 1.29 is 19.4 Å². The van der Waals surface area contributed by atoms with Gasteiger partial charge >= 0.3 is 11.9 Å². The molecule has 142 valence electrons. The van der Waals surface area contributed by atoms with Crippen molar-refractivity contribution in [1.82, 2.24) is 9.80 Å². The van der Waals surface area contributed by atoms with E-state index >= 15 is 0 Å². The minimum Gasteiger partial charge on any atom is -0.480 e. The van der Waals surface area contributed by atoms with Gasteiger partial charge in [0.1, 0.15) is 6.04 Å². The van der Waals surface area contributed by atoms with Crippen molar-refractivity contribution in [2.75, 3.05) is 26.2 Å². The number of likely N-dealkylation sites (tertiary alicyclic amines) is 2. The molecule has 2 aliphatic heterocycles. The molecule has 0 spiro atoms. The minimum absolute atomic E-state index is 0.0492. The minimum atomic E-state index is -0.815. The van der Waals surface area contributed by atoms with Crippen molar-refractivity contribution in [3.8, 4) is 0 Å². The number of carbonyl (C=O) groups excluding carboxylic acids is 1. The Hall–Kier alpha value is -1.92. The fourth-order valence-corrected chi connectivity index (χ4v) is 4.40. The fourth-order valence-electron chi connectivity index (χ4n) is 4.40. The van der Waals surface area contributed by atoms with Gasteiger partial charge in [0.25, 0.3) is 0 Å². The number of hydrogen-bond donors (Lipinski definition) is 1. The van der Waals surface area contributed by atoms with Gasteiger partial charge in [0.05, 0.1) is 6.04 Å². The highest BCUT2D eigenvalue weighted by atomic mass is 16.6. The van der Waals surface area contributed by atoms with E-state index in [4.69, 9.17) is 4.74 Å². The Bertz CT molecular complexity index is 644. The Morgan fingerprint density at radius 2 is 1.85 bits per heavy atom. The third-order valence-corrected chi connectivity index (χ3v) is 5.79. The highest BCUT2D eigenvalue weighted by Gasteiger charge is 2.51. The third kappa shape index (κ3) is 3.62. The molecule has 1 aromatic rings. The molecule has 2 saturated heterocycles. The van der Waals surface area contributed by atoms with Crippen molar-refractivity contribution in [1.29, 1.82) is 0 Å². The van der Waals surface area contributed by atoms with Crippen molar-refractivity contribution in [3.63, 3.8) is 0 Å². The Kier molecular flexibility index (Phi) is 5.63. The zero-order chi connectivity index (χ0) is 18.7. The Balaban J connectivity index is 2.00. The molecule has 3 atom stereocenters. The van der Waals surface area contributed by atoms with Crippen molar-refractivity contribution in [2.24, 2.45) is 0 Å². The van der Waals surface area contributed by atoms with E-state index in [0.29, 0.717) is 19.5 Å². The van der Waals surface area contributed by atoms with Crippen LogP contribution in [0.2, 0.25) is 0 Å². The van der Waals surface area contributed by atoms with E-state index in [1.54, 1.807) is 6.92 Å². The molecule has 3 rings (SSSR count). The van der Waals surface area contributed by atoms with E-state index in [1.807, 2.05) is 35.2 Å². The van der Waals surface area contributed by atoms with Gasteiger partial charge in [-0.2, -0.15) is 0 Å². The molecule has 26 heavy (non-hydrogen) atoms. The quantitative estimate of drug-likeness (QED) is 0.811. The lowest BCUT2D eigenvalue weighted by Gasteiger charge is -2.51. The van der Waals surface area contributed by atoms with Crippen LogP contribution in [-0.2, 0) is 19.9 Å². The second-order valence-electron chi connectivity index (χ2n) is 7.37. The molecule has 0 radical (unpaired) electrons. The lowest BCUT2D eigenvalue weighted by molar-refractivity contribution is -0.179. The lowest BCUT2D eigenvalue weighted by Crippen LogP contribution is -2.63. The van der Waals surface area contributed by atoms with Crippen LogP contribution >= 0.6 is 0 Å². The zero-order valence-corrected chi connectivity index (χ0v) is 15.6. The third-order valence-electron chi connectivity index (χ3n) is 5.79. The number of aliphatic carboxylic acids is 1. The van der Waals surface area contributed by atoms with Gasteiger partial charge in [0.15, 0.2) is 5.60 Å². The monoisotopic (exact) mass is 360 g/mol. The van der Waals surface area contributed by atoms with E-state index in [9.17, 15) is 14.7 Å². The van der Waals surface area contributed by atoms with Gasteiger partial charge in [0.2, 0.25) is 0 Å². The average molecular weight is 360 g/mol. The van der Waals surface area contributed by atoms with Crippen LogP contribution in [0.15, 0.2) is 30.3 Å². The van der Waals surface area contributed by atoms with Gasteiger partial charge in [-0.15, -0.1) is 0 Å². The number of carboxylic acids is 1. The van der Waals surface area contributed by atoms with E-state index in [0.717, 1.165) is 31.5 Å². The largest absolute Gasteiger partial charge is 0.480 e. The summed E-state index contributed by atoms with van der Waals surface area (Å²) in [6.07, 6.45) is 2.83. The van der Waals surface area contributed by atoms with Crippen LogP contribution < -0.4 is 0 Å². The molecule has 1 aromatic carbocycles. The van der Waals surface area contributed by atoms with Crippen LogP contribution in [0.4, 0.5) is 0 Å². The molecular weight excluding hydrogens is 332 g/mol. The number of nitrogens with zero attached hydrogens (tertiary/aromatic N) is 2. The lowest BCUT2D eigenvalue weighted by atomic mass is 9.78. The molecule has 0 bridgehead atoms. The maximum Gasteiger partial charge on any atom is 0.320 e. The summed E-state index contributed by atoms with van der Waals surface area (Å²) in [4.78, 5) is 27.9. The first-order valence-electron chi connectivity index (χ1n) is 9.40. The molecule has 1 N–H and O–H groups in total. The summed E-state index contributed by atoms with van der Waals surface area (Å²) in [5.74, 6) is -1.11. The summed E-state index contributed by atoms with van der Waals surface area (Å²) in [6, 6.07) is 9.32. The number of rotatable bonds is 5. The highest BCUT2D eigenvalue weighted by molar-refractivity contribution is 5.73. The van der Waals surface area contributed by atoms with Crippen LogP contribution in [-0.4, -0.2) is 65.1 Å². The van der Waals surface area contributed by atoms with Crippen molar-refractivity contribution in [3.05, 3.63) is 35.9 Å². The van der Waals surface area contributed by atoms with Crippen molar-refractivity contribution >= 4 is 11.9 Å². The van der Waals surface area contributed by atoms with Gasteiger partial charge in [-0.1, -0.05) is 30.3 Å². The first-order chi connectivity index (χ1) is 12.4. The van der Waals surface area contributed by atoms with E-state index < -0.39 is 17.6 Å². The van der Waals surface area contributed by atoms with Gasteiger partial charge in [-0.05, 0) is 38.4 Å². The first-order valence-corrected chi connectivity index (χ1v) is 9.40. The van der Waals surface area contributed by atoms with E-state index in [-0.39, 0.29) is 12.0 Å². The number of piperidine rings is 1. The normalized spacial score (nSPS) is 28.6. The summed E-state index contributed by atoms with van der Waals surface area (Å²) >= 11 is 0. The Morgan fingerprint density at radius 3 is 2.42 bits per heavy atom. The molecule has 2 aliphatic rings. The van der Waals surface area contributed by atoms with E-state index in [1.165, 1.54) is 6.92 Å². The summed E-state index contributed by atoms with van der Waals surface area (Å²) < 4.78 is 6.02. The standard InChI is InChI=1S/C20H28N2O4/c1-15(19(24)25)22-13-10-20(26-16(2)23,17-8-4-3-5-9-17)18(14-22)21-11-6-7-12-21/h3-5,8-9,15,18H,6-7,10-14H2,1-2H3,(H,24,25). The molecule has 6 nitrogen and oxygen atoms in total. The summed E-state index contributed by atoms with van der Waals surface area (Å²) in [5.41, 5.74) is 0.265. The van der Waals surface area contributed by atoms with Crippen LogP contribution in [0.5, 0.6) is 0 Å². The molecule has 3 unspecified atom stereocenters. The van der Waals surface area contributed by atoms with Crippen LogP contribution in [0.3, 0.4) is 0 Å². The number of benzene rings is 1. The maximum absolute atomic E-state index is 12.0. The number of ether oxygens (including phenoxy) is 1. The molecule has 0 aliphatic carbocycles. The second-order valence-corrected chi connectivity index (χ2v) is 7.37. The predicted molar refractivity (Wildman–Crippen MR) is 97.8 cm³/mol. The van der Waals surface area contributed by atoms with Crippen LogP contribution in [0, 0.1) is 0 Å². The fraction of sp³-hybridized carbons (Fsp3) is 0.600. The smallest absolute Gasteiger partial charge is 0.320 e.